The first-order valence-corrected chi connectivity index (χ1v) is 7.59. The predicted molar refractivity (Wildman–Crippen MR) is 87.9 cm³/mol. The van der Waals surface area contributed by atoms with Crippen molar-refractivity contribution in [2.75, 3.05) is 4.90 Å². The van der Waals surface area contributed by atoms with E-state index in [0.717, 1.165) is 28.2 Å². The number of anilines is 1. The Labute approximate surface area is 131 Å². The van der Waals surface area contributed by atoms with E-state index in [2.05, 4.69) is 22.1 Å². The summed E-state index contributed by atoms with van der Waals surface area (Å²) in [7, 11) is 0. The number of carbonyl (C=O) groups is 1. The van der Waals surface area contributed by atoms with Crippen LogP contribution in [0.25, 0.3) is 11.1 Å². The summed E-state index contributed by atoms with van der Waals surface area (Å²) < 4.78 is 0. The Morgan fingerprint density at radius 3 is 2.32 bits per heavy atom. The van der Waals surface area contributed by atoms with Crippen molar-refractivity contribution < 1.29 is 4.79 Å². The number of benzene rings is 1. The van der Waals surface area contributed by atoms with Crippen LogP contribution in [0.15, 0.2) is 30.6 Å². The fourth-order valence-corrected chi connectivity index (χ4v) is 3.02. The van der Waals surface area contributed by atoms with Crippen molar-refractivity contribution in [3.63, 3.8) is 0 Å². The Kier molecular flexibility index (Phi) is 3.28. The molecule has 0 spiro atoms. The molecule has 2 heterocycles. The van der Waals surface area contributed by atoms with Gasteiger partial charge in [0.2, 0.25) is 5.91 Å². The third-order valence-electron chi connectivity index (χ3n) is 4.31. The topological polar surface area (TPSA) is 46.1 Å². The first-order chi connectivity index (χ1) is 10.3. The van der Waals surface area contributed by atoms with E-state index in [4.69, 9.17) is 0 Å². The lowest BCUT2D eigenvalue weighted by Gasteiger charge is -2.24. The Morgan fingerprint density at radius 1 is 1.09 bits per heavy atom. The summed E-state index contributed by atoms with van der Waals surface area (Å²) in [6.45, 7) is 9.94. The van der Waals surface area contributed by atoms with Crippen LogP contribution in [-0.4, -0.2) is 21.9 Å². The van der Waals surface area contributed by atoms with E-state index in [0.29, 0.717) is 0 Å². The molecule has 1 amide bonds. The zero-order valence-electron chi connectivity index (χ0n) is 13.7. The van der Waals surface area contributed by atoms with Crippen LogP contribution in [-0.2, 0) is 10.2 Å². The molecular weight excluding hydrogens is 274 g/mol. The summed E-state index contributed by atoms with van der Waals surface area (Å²) in [6, 6.07) is 6.32. The van der Waals surface area contributed by atoms with Gasteiger partial charge in [-0.15, -0.1) is 0 Å². The number of hydrogen-bond donors (Lipinski definition) is 0. The first-order valence-electron chi connectivity index (χ1n) is 7.59. The Morgan fingerprint density at radius 2 is 1.73 bits per heavy atom. The molecule has 0 atom stereocenters. The molecule has 2 aromatic rings. The lowest BCUT2D eigenvalue weighted by Crippen LogP contribution is -2.40. The largest absolute Gasteiger partial charge is 0.309 e. The molecule has 0 saturated heterocycles. The maximum atomic E-state index is 12.7. The van der Waals surface area contributed by atoms with Crippen LogP contribution < -0.4 is 4.90 Å². The average molecular weight is 295 g/mol. The molecular formula is C18H21N3O. The van der Waals surface area contributed by atoms with Gasteiger partial charge in [0, 0.05) is 29.7 Å². The minimum Gasteiger partial charge on any atom is -0.309 e. The summed E-state index contributed by atoms with van der Waals surface area (Å²) >= 11 is 0. The minimum atomic E-state index is -0.470. The number of hydrogen-bond acceptors (Lipinski definition) is 3. The van der Waals surface area contributed by atoms with Crippen LogP contribution in [0, 0.1) is 6.92 Å². The third-order valence-corrected chi connectivity index (χ3v) is 4.31. The van der Waals surface area contributed by atoms with Gasteiger partial charge in [0.25, 0.3) is 0 Å². The zero-order valence-corrected chi connectivity index (χ0v) is 13.7. The summed E-state index contributed by atoms with van der Waals surface area (Å²) in [4.78, 5) is 23.1. The van der Waals surface area contributed by atoms with Gasteiger partial charge in [-0.05, 0) is 51.8 Å². The van der Waals surface area contributed by atoms with Crippen LogP contribution >= 0.6 is 0 Å². The van der Waals surface area contributed by atoms with E-state index in [1.54, 1.807) is 0 Å². The molecule has 1 aromatic carbocycles. The highest BCUT2D eigenvalue weighted by Gasteiger charge is 2.44. The molecule has 0 saturated carbocycles. The van der Waals surface area contributed by atoms with Crippen molar-refractivity contribution in [1.82, 2.24) is 9.97 Å². The maximum absolute atomic E-state index is 12.7. The molecule has 1 aliphatic rings. The fraction of sp³-hybridized carbons (Fsp3) is 0.389. The molecule has 3 rings (SSSR count). The van der Waals surface area contributed by atoms with Gasteiger partial charge >= 0.3 is 0 Å². The number of amides is 1. The van der Waals surface area contributed by atoms with Crippen molar-refractivity contribution >= 4 is 11.6 Å². The quantitative estimate of drug-likeness (QED) is 0.852. The molecule has 4 nitrogen and oxygen atoms in total. The SMILES string of the molecule is Cc1ncc(-c2ccc3c(c2)N(C(C)C)C(=O)C3(C)C)cn1. The molecule has 22 heavy (non-hydrogen) atoms. The van der Waals surface area contributed by atoms with Crippen molar-refractivity contribution in [2.24, 2.45) is 0 Å². The van der Waals surface area contributed by atoms with E-state index in [9.17, 15) is 4.79 Å². The summed E-state index contributed by atoms with van der Waals surface area (Å²) in [5.41, 5.74) is 3.62. The van der Waals surface area contributed by atoms with Gasteiger partial charge in [-0.25, -0.2) is 9.97 Å². The lowest BCUT2D eigenvalue weighted by atomic mass is 9.85. The standard InChI is InChI=1S/C18H21N3O/c1-11(2)21-16-8-13(14-9-19-12(3)20-10-14)6-7-15(16)18(4,5)17(21)22/h6-11H,1-5H3. The molecule has 4 heteroatoms. The molecule has 0 aliphatic carbocycles. The van der Waals surface area contributed by atoms with Gasteiger partial charge in [-0.3, -0.25) is 4.79 Å². The third kappa shape index (κ3) is 2.10. The molecule has 0 unspecified atom stereocenters. The molecule has 0 N–H and O–H groups in total. The number of carbonyl (C=O) groups excluding carboxylic acids is 1. The Balaban J connectivity index is 2.14. The van der Waals surface area contributed by atoms with E-state index in [1.807, 2.05) is 58.0 Å². The lowest BCUT2D eigenvalue weighted by molar-refractivity contribution is -0.122. The normalized spacial score (nSPS) is 16.3. The Hall–Kier alpha value is -2.23. The maximum Gasteiger partial charge on any atom is 0.237 e. The minimum absolute atomic E-state index is 0.137. The highest BCUT2D eigenvalue weighted by atomic mass is 16.2. The van der Waals surface area contributed by atoms with Crippen molar-refractivity contribution in [2.45, 2.75) is 46.1 Å². The number of rotatable bonds is 2. The number of nitrogens with zero attached hydrogens (tertiary/aromatic N) is 3. The van der Waals surface area contributed by atoms with Crippen LogP contribution in [0.5, 0.6) is 0 Å². The molecule has 1 aliphatic heterocycles. The van der Waals surface area contributed by atoms with Gasteiger partial charge in [-0.2, -0.15) is 0 Å². The van der Waals surface area contributed by atoms with Crippen LogP contribution in [0.3, 0.4) is 0 Å². The smallest absolute Gasteiger partial charge is 0.237 e. The van der Waals surface area contributed by atoms with Crippen molar-refractivity contribution in [3.05, 3.63) is 42.0 Å². The summed E-state index contributed by atoms with van der Waals surface area (Å²) in [6.07, 6.45) is 3.65. The highest BCUT2D eigenvalue weighted by molar-refractivity contribution is 6.08. The summed E-state index contributed by atoms with van der Waals surface area (Å²) in [5, 5.41) is 0. The fourth-order valence-electron chi connectivity index (χ4n) is 3.02. The average Bonchev–Trinajstić information content (AvgIpc) is 2.67. The number of aryl methyl sites for hydroxylation is 1. The van der Waals surface area contributed by atoms with Gasteiger partial charge in [0.1, 0.15) is 5.82 Å². The Bertz CT molecular complexity index is 732. The van der Waals surface area contributed by atoms with E-state index in [1.165, 1.54) is 0 Å². The molecule has 114 valence electrons. The predicted octanol–water partition coefficient (Wildman–Crippen LogP) is 3.48. The van der Waals surface area contributed by atoms with Gasteiger partial charge < -0.3 is 4.90 Å². The number of fused-ring (bicyclic) bond motifs is 1. The monoisotopic (exact) mass is 295 g/mol. The second-order valence-corrected chi connectivity index (χ2v) is 6.64. The van der Waals surface area contributed by atoms with Crippen molar-refractivity contribution in [3.8, 4) is 11.1 Å². The van der Waals surface area contributed by atoms with Gasteiger partial charge in [-0.1, -0.05) is 12.1 Å². The van der Waals surface area contributed by atoms with Crippen molar-refractivity contribution in [1.29, 1.82) is 0 Å². The van der Waals surface area contributed by atoms with Crippen LogP contribution in [0.1, 0.15) is 39.1 Å². The molecule has 0 fully saturated rings. The highest BCUT2D eigenvalue weighted by Crippen LogP contribution is 2.44. The second-order valence-electron chi connectivity index (χ2n) is 6.64. The van der Waals surface area contributed by atoms with Gasteiger partial charge in [0.05, 0.1) is 5.41 Å². The molecule has 0 bridgehead atoms. The van der Waals surface area contributed by atoms with Crippen LogP contribution in [0.4, 0.5) is 5.69 Å². The van der Waals surface area contributed by atoms with E-state index < -0.39 is 5.41 Å². The molecule has 1 aromatic heterocycles. The zero-order chi connectivity index (χ0) is 16.1. The molecule has 0 radical (unpaired) electrons. The van der Waals surface area contributed by atoms with Gasteiger partial charge in [0.15, 0.2) is 0 Å². The van der Waals surface area contributed by atoms with E-state index >= 15 is 0 Å². The second kappa shape index (κ2) is 4.90. The number of aromatic nitrogens is 2. The van der Waals surface area contributed by atoms with E-state index in [-0.39, 0.29) is 11.9 Å². The summed E-state index contributed by atoms with van der Waals surface area (Å²) in [5.74, 6) is 0.917. The first kappa shape index (κ1) is 14.7. The van der Waals surface area contributed by atoms with Crippen LogP contribution in [0.2, 0.25) is 0 Å².